The van der Waals surface area contributed by atoms with Crippen LogP contribution in [0.25, 0.3) is 0 Å². The molecule has 3 unspecified atom stereocenters. The second-order valence-corrected chi connectivity index (χ2v) is 7.15. The van der Waals surface area contributed by atoms with Crippen LogP contribution in [-0.2, 0) is 4.79 Å². The smallest absolute Gasteiger partial charge is 0.253 e. The lowest BCUT2D eigenvalue weighted by Crippen LogP contribution is -2.39. The molecule has 136 valence electrons. The molecule has 1 aromatic carbocycles. The maximum atomic E-state index is 12.5. The topological polar surface area (TPSA) is 61.4 Å². The van der Waals surface area contributed by atoms with Gasteiger partial charge in [0.05, 0.1) is 6.04 Å². The van der Waals surface area contributed by atoms with Gasteiger partial charge in [0.15, 0.2) is 0 Å². The van der Waals surface area contributed by atoms with Crippen LogP contribution in [0.15, 0.2) is 24.3 Å². The van der Waals surface area contributed by atoms with Crippen LogP contribution in [0.2, 0.25) is 0 Å². The summed E-state index contributed by atoms with van der Waals surface area (Å²) >= 11 is 0. The molecule has 1 heterocycles. The van der Waals surface area contributed by atoms with Gasteiger partial charge in [0.25, 0.3) is 5.91 Å². The molecule has 0 bridgehead atoms. The van der Waals surface area contributed by atoms with Crippen molar-refractivity contribution in [2.24, 2.45) is 5.92 Å². The van der Waals surface area contributed by atoms with Gasteiger partial charge >= 0.3 is 0 Å². The number of carbonyl (C=O) groups excluding carboxylic acids is 2. The van der Waals surface area contributed by atoms with Gasteiger partial charge in [-0.05, 0) is 63.3 Å². The Balaban J connectivity index is 1.58. The van der Waals surface area contributed by atoms with Crippen molar-refractivity contribution >= 4 is 17.5 Å². The highest BCUT2D eigenvalue weighted by molar-refractivity contribution is 5.97. The van der Waals surface area contributed by atoms with E-state index in [2.05, 4.69) is 10.6 Å². The van der Waals surface area contributed by atoms with E-state index < -0.39 is 0 Å². The third kappa shape index (κ3) is 4.03. The maximum absolute atomic E-state index is 12.5. The van der Waals surface area contributed by atoms with E-state index in [1.807, 2.05) is 26.0 Å². The standard InChI is InChI=1S/C20H29N3O2/c1-3-23(4-2)20(25)14-9-11-16(12-10-14)21-19(24)18-13-15-7-5-6-8-17(15)22-18/h9-12,15,17-18,22H,3-8,13H2,1-2H3,(H,21,24). The number of nitrogens with zero attached hydrogens (tertiary/aromatic N) is 1. The Morgan fingerprint density at radius 3 is 2.44 bits per heavy atom. The molecule has 1 aliphatic carbocycles. The zero-order valence-corrected chi connectivity index (χ0v) is 15.3. The van der Waals surface area contributed by atoms with Gasteiger partial charge in [-0.25, -0.2) is 0 Å². The molecule has 0 aromatic heterocycles. The summed E-state index contributed by atoms with van der Waals surface area (Å²) in [5, 5.41) is 6.49. The van der Waals surface area contributed by atoms with E-state index in [0.29, 0.717) is 30.6 Å². The minimum atomic E-state index is -0.0925. The molecule has 2 amide bonds. The van der Waals surface area contributed by atoms with E-state index >= 15 is 0 Å². The van der Waals surface area contributed by atoms with Gasteiger partial charge in [0.1, 0.15) is 0 Å². The molecule has 5 heteroatoms. The minimum absolute atomic E-state index is 0.0319. The number of hydrogen-bond acceptors (Lipinski definition) is 3. The van der Waals surface area contributed by atoms with Crippen molar-refractivity contribution in [1.29, 1.82) is 0 Å². The molecule has 0 radical (unpaired) electrons. The molecule has 3 rings (SSSR count). The molecule has 1 saturated carbocycles. The summed E-state index contributed by atoms with van der Waals surface area (Å²) < 4.78 is 0. The Hall–Kier alpha value is -1.88. The fraction of sp³-hybridized carbons (Fsp3) is 0.600. The first kappa shape index (κ1) is 17.9. The number of anilines is 1. The van der Waals surface area contributed by atoms with Crippen LogP contribution in [0.5, 0.6) is 0 Å². The SMILES string of the molecule is CCN(CC)C(=O)c1ccc(NC(=O)C2CC3CCCCC3N2)cc1. The first-order valence-corrected chi connectivity index (χ1v) is 9.58. The quantitative estimate of drug-likeness (QED) is 0.864. The molecule has 25 heavy (non-hydrogen) atoms. The van der Waals surface area contributed by atoms with Gasteiger partial charge < -0.3 is 15.5 Å². The van der Waals surface area contributed by atoms with Crippen molar-refractivity contribution in [3.05, 3.63) is 29.8 Å². The predicted octanol–water partition coefficient (Wildman–Crippen LogP) is 3.03. The van der Waals surface area contributed by atoms with Crippen LogP contribution in [0, 0.1) is 5.92 Å². The van der Waals surface area contributed by atoms with Crippen molar-refractivity contribution in [1.82, 2.24) is 10.2 Å². The van der Waals surface area contributed by atoms with Crippen molar-refractivity contribution in [2.45, 2.75) is 58.0 Å². The Morgan fingerprint density at radius 2 is 1.80 bits per heavy atom. The highest BCUT2D eigenvalue weighted by Crippen LogP contribution is 2.33. The number of amides is 2. The average molecular weight is 343 g/mol. The highest BCUT2D eigenvalue weighted by Gasteiger charge is 2.38. The Labute approximate surface area is 150 Å². The van der Waals surface area contributed by atoms with Gasteiger partial charge in [-0.3, -0.25) is 9.59 Å². The minimum Gasteiger partial charge on any atom is -0.339 e. The summed E-state index contributed by atoms with van der Waals surface area (Å²) in [4.78, 5) is 26.6. The van der Waals surface area contributed by atoms with Crippen LogP contribution >= 0.6 is 0 Å². The lowest BCUT2D eigenvalue weighted by atomic mass is 9.85. The predicted molar refractivity (Wildman–Crippen MR) is 99.6 cm³/mol. The normalized spacial score (nSPS) is 25.3. The molecular formula is C20H29N3O2. The molecule has 2 fully saturated rings. The lowest BCUT2D eigenvalue weighted by Gasteiger charge is -2.24. The van der Waals surface area contributed by atoms with Gasteiger partial charge in [0, 0.05) is 30.4 Å². The monoisotopic (exact) mass is 343 g/mol. The summed E-state index contributed by atoms with van der Waals surface area (Å²) in [5.74, 6) is 0.722. The Kier molecular flexibility index (Phi) is 5.74. The maximum Gasteiger partial charge on any atom is 0.253 e. The van der Waals surface area contributed by atoms with Crippen molar-refractivity contribution in [2.75, 3.05) is 18.4 Å². The van der Waals surface area contributed by atoms with E-state index in [0.717, 1.165) is 12.1 Å². The molecule has 3 atom stereocenters. The van der Waals surface area contributed by atoms with Gasteiger partial charge in [-0.15, -0.1) is 0 Å². The first-order chi connectivity index (χ1) is 12.1. The molecule has 1 aromatic rings. The molecule has 2 aliphatic rings. The lowest BCUT2D eigenvalue weighted by molar-refractivity contribution is -0.117. The number of carbonyl (C=O) groups is 2. The van der Waals surface area contributed by atoms with Gasteiger partial charge in [-0.1, -0.05) is 12.8 Å². The second-order valence-electron chi connectivity index (χ2n) is 7.15. The number of fused-ring (bicyclic) bond motifs is 1. The third-order valence-electron chi connectivity index (χ3n) is 5.63. The summed E-state index contributed by atoms with van der Waals surface area (Å²) in [5.41, 5.74) is 1.41. The summed E-state index contributed by atoms with van der Waals surface area (Å²) in [6.45, 7) is 5.34. The van der Waals surface area contributed by atoms with Crippen LogP contribution in [0.1, 0.15) is 56.3 Å². The van der Waals surface area contributed by atoms with E-state index in [9.17, 15) is 9.59 Å². The molecule has 1 aliphatic heterocycles. The zero-order chi connectivity index (χ0) is 17.8. The zero-order valence-electron chi connectivity index (χ0n) is 15.3. The summed E-state index contributed by atoms with van der Waals surface area (Å²) in [7, 11) is 0. The number of nitrogens with one attached hydrogen (secondary N) is 2. The van der Waals surface area contributed by atoms with Crippen molar-refractivity contribution in [3.8, 4) is 0 Å². The van der Waals surface area contributed by atoms with Gasteiger partial charge in [-0.2, -0.15) is 0 Å². The van der Waals surface area contributed by atoms with E-state index in [-0.39, 0.29) is 17.9 Å². The van der Waals surface area contributed by atoms with E-state index in [1.165, 1.54) is 25.7 Å². The number of benzene rings is 1. The Bertz CT molecular complexity index is 596. The van der Waals surface area contributed by atoms with Crippen LogP contribution < -0.4 is 10.6 Å². The van der Waals surface area contributed by atoms with Crippen molar-refractivity contribution < 1.29 is 9.59 Å². The third-order valence-corrected chi connectivity index (χ3v) is 5.63. The van der Waals surface area contributed by atoms with E-state index in [1.54, 1.807) is 17.0 Å². The number of rotatable bonds is 5. The molecule has 0 spiro atoms. The summed E-state index contributed by atoms with van der Waals surface area (Å²) in [6.07, 6.45) is 5.93. The fourth-order valence-corrected chi connectivity index (χ4v) is 4.14. The first-order valence-electron chi connectivity index (χ1n) is 9.58. The van der Waals surface area contributed by atoms with Crippen LogP contribution in [0.3, 0.4) is 0 Å². The van der Waals surface area contributed by atoms with Gasteiger partial charge in [0.2, 0.25) is 5.91 Å². The Morgan fingerprint density at radius 1 is 1.12 bits per heavy atom. The largest absolute Gasteiger partial charge is 0.339 e. The molecule has 1 saturated heterocycles. The second kappa shape index (κ2) is 8.00. The molecular weight excluding hydrogens is 314 g/mol. The highest BCUT2D eigenvalue weighted by atomic mass is 16.2. The summed E-state index contributed by atoms with van der Waals surface area (Å²) in [6, 6.07) is 7.63. The fourth-order valence-electron chi connectivity index (χ4n) is 4.14. The number of hydrogen-bond donors (Lipinski definition) is 2. The average Bonchev–Trinajstić information content (AvgIpc) is 3.07. The van der Waals surface area contributed by atoms with E-state index in [4.69, 9.17) is 0 Å². The molecule has 5 nitrogen and oxygen atoms in total. The van der Waals surface area contributed by atoms with Crippen LogP contribution in [0.4, 0.5) is 5.69 Å². The van der Waals surface area contributed by atoms with Crippen LogP contribution in [-0.4, -0.2) is 41.9 Å². The molecule has 2 N–H and O–H groups in total. The van der Waals surface area contributed by atoms with Crippen molar-refractivity contribution in [3.63, 3.8) is 0 Å².